The summed E-state index contributed by atoms with van der Waals surface area (Å²) in [5.74, 6) is 0.766. The van der Waals surface area contributed by atoms with Crippen LogP contribution < -0.4 is 10.5 Å². The van der Waals surface area contributed by atoms with Crippen LogP contribution in [-0.4, -0.2) is 23.2 Å². The number of nitrogens with one attached hydrogen (secondary N) is 1. The highest BCUT2D eigenvalue weighted by atomic mass is 32.2. The number of aryl methyl sites for hydroxylation is 1. The number of hydrogen-bond acceptors (Lipinski definition) is 5. The molecule has 0 aliphatic rings. The first-order valence-electron chi connectivity index (χ1n) is 9.90. The first-order chi connectivity index (χ1) is 14.5. The summed E-state index contributed by atoms with van der Waals surface area (Å²) in [6.07, 6.45) is 0. The van der Waals surface area contributed by atoms with Gasteiger partial charge in [0.15, 0.2) is 0 Å². The number of anilines is 2. The molecule has 4 rings (SSSR count). The third-order valence-corrected chi connectivity index (χ3v) is 6.43. The molecule has 0 fully saturated rings. The Labute approximate surface area is 182 Å². The standard InChI is InChI=1S/C23H25N5O2S/c1-15-14-22(27-31(29,30)17-10-8-16(9-11-17)23(2,3)4)28(26-15)20-7-5-6-19-18(20)12-13-21(24)25-19/h5-14,27H,1-4H3,(H2,24,25). The molecule has 0 saturated carbocycles. The lowest BCUT2D eigenvalue weighted by Crippen LogP contribution is -2.17. The Morgan fingerprint density at radius 3 is 2.39 bits per heavy atom. The van der Waals surface area contributed by atoms with Gasteiger partial charge in [-0.3, -0.25) is 4.72 Å². The molecule has 0 saturated heterocycles. The van der Waals surface area contributed by atoms with Crippen LogP contribution in [0.2, 0.25) is 0 Å². The lowest BCUT2D eigenvalue weighted by Gasteiger charge is -2.19. The second-order valence-electron chi connectivity index (χ2n) is 8.54. The summed E-state index contributed by atoms with van der Waals surface area (Å²) >= 11 is 0. The zero-order valence-electron chi connectivity index (χ0n) is 17.9. The Balaban J connectivity index is 1.75. The van der Waals surface area contributed by atoms with Crippen molar-refractivity contribution >= 4 is 32.6 Å². The second kappa shape index (κ2) is 7.39. The molecule has 31 heavy (non-hydrogen) atoms. The first kappa shape index (κ1) is 20.9. The quantitative estimate of drug-likeness (QED) is 0.494. The highest BCUT2D eigenvalue weighted by Gasteiger charge is 2.20. The minimum atomic E-state index is -3.80. The Morgan fingerprint density at radius 1 is 1.00 bits per heavy atom. The normalized spacial score (nSPS) is 12.3. The first-order valence-corrected chi connectivity index (χ1v) is 11.4. The molecular weight excluding hydrogens is 410 g/mol. The molecule has 0 aliphatic heterocycles. The van der Waals surface area contributed by atoms with Crippen molar-refractivity contribution in [3.05, 3.63) is 71.9 Å². The molecular formula is C23H25N5O2S. The summed E-state index contributed by atoms with van der Waals surface area (Å²) in [6.45, 7) is 8.07. The van der Waals surface area contributed by atoms with E-state index in [1.807, 2.05) is 43.3 Å². The van der Waals surface area contributed by atoms with Crippen LogP contribution in [0, 0.1) is 6.92 Å². The molecule has 0 unspecified atom stereocenters. The molecule has 2 aromatic heterocycles. The molecule has 4 aromatic rings. The van der Waals surface area contributed by atoms with Gasteiger partial charge >= 0.3 is 0 Å². The van der Waals surface area contributed by atoms with Crippen LogP contribution in [0.4, 0.5) is 11.6 Å². The lowest BCUT2D eigenvalue weighted by atomic mass is 9.87. The maximum Gasteiger partial charge on any atom is 0.263 e. The molecule has 2 aromatic carbocycles. The van der Waals surface area contributed by atoms with Gasteiger partial charge in [-0.2, -0.15) is 5.10 Å². The molecule has 0 spiro atoms. The van der Waals surface area contributed by atoms with Crippen molar-refractivity contribution in [1.82, 2.24) is 14.8 Å². The van der Waals surface area contributed by atoms with Crippen molar-refractivity contribution in [1.29, 1.82) is 0 Å². The van der Waals surface area contributed by atoms with E-state index in [4.69, 9.17) is 5.73 Å². The fourth-order valence-corrected chi connectivity index (χ4v) is 4.46. The summed E-state index contributed by atoms with van der Waals surface area (Å²) < 4.78 is 30.4. The largest absolute Gasteiger partial charge is 0.384 e. The molecule has 0 bridgehead atoms. The van der Waals surface area contributed by atoms with Gasteiger partial charge in [-0.25, -0.2) is 18.1 Å². The highest BCUT2D eigenvalue weighted by Crippen LogP contribution is 2.28. The van der Waals surface area contributed by atoms with Gasteiger partial charge in [0, 0.05) is 11.5 Å². The number of sulfonamides is 1. The van der Waals surface area contributed by atoms with Gasteiger partial charge in [-0.05, 0) is 54.3 Å². The van der Waals surface area contributed by atoms with Gasteiger partial charge < -0.3 is 5.73 Å². The van der Waals surface area contributed by atoms with E-state index >= 15 is 0 Å². The van der Waals surface area contributed by atoms with Gasteiger partial charge in [0.25, 0.3) is 10.0 Å². The topological polar surface area (TPSA) is 103 Å². The fourth-order valence-electron chi connectivity index (χ4n) is 3.43. The number of nitrogen functional groups attached to an aromatic ring is 1. The number of aromatic nitrogens is 3. The van der Waals surface area contributed by atoms with E-state index in [-0.39, 0.29) is 10.3 Å². The molecule has 8 heteroatoms. The van der Waals surface area contributed by atoms with E-state index in [0.717, 1.165) is 10.9 Å². The van der Waals surface area contributed by atoms with E-state index in [2.05, 4.69) is 35.6 Å². The van der Waals surface area contributed by atoms with Crippen molar-refractivity contribution in [2.75, 3.05) is 10.5 Å². The predicted molar refractivity (Wildman–Crippen MR) is 124 cm³/mol. The van der Waals surface area contributed by atoms with E-state index < -0.39 is 10.0 Å². The fraction of sp³-hybridized carbons (Fsp3) is 0.217. The maximum absolute atomic E-state index is 13.1. The lowest BCUT2D eigenvalue weighted by molar-refractivity contribution is 0.587. The number of fused-ring (bicyclic) bond motifs is 1. The Bertz CT molecular complexity index is 1370. The number of rotatable bonds is 4. The van der Waals surface area contributed by atoms with Crippen molar-refractivity contribution in [3.8, 4) is 5.69 Å². The smallest absolute Gasteiger partial charge is 0.263 e. The molecule has 0 amide bonds. The zero-order chi connectivity index (χ0) is 22.4. The van der Waals surface area contributed by atoms with Crippen molar-refractivity contribution in [3.63, 3.8) is 0 Å². The van der Waals surface area contributed by atoms with Crippen molar-refractivity contribution < 1.29 is 8.42 Å². The van der Waals surface area contributed by atoms with Crippen LogP contribution in [0.5, 0.6) is 0 Å². The molecule has 0 radical (unpaired) electrons. The van der Waals surface area contributed by atoms with Crippen LogP contribution in [-0.2, 0) is 15.4 Å². The number of nitrogens with two attached hydrogens (primary N) is 1. The third-order valence-electron chi connectivity index (χ3n) is 5.06. The van der Waals surface area contributed by atoms with Crippen molar-refractivity contribution in [2.24, 2.45) is 0 Å². The van der Waals surface area contributed by atoms with E-state index in [9.17, 15) is 8.42 Å². The van der Waals surface area contributed by atoms with Crippen LogP contribution in [0.25, 0.3) is 16.6 Å². The number of nitrogens with zero attached hydrogens (tertiary/aromatic N) is 3. The van der Waals surface area contributed by atoms with Gasteiger partial charge in [-0.15, -0.1) is 0 Å². The molecule has 2 heterocycles. The molecule has 160 valence electrons. The summed E-state index contributed by atoms with van der Waals surface area (Å²) in [5, 5.41) is 5.32. The molecule has 7 nitrogen and oxygen atoms in total. The maximum atomic E-state index is 13.1. The van der Waals surface area contributed by atoms with E-state index in [1.54, 1.807) is 28.9 Å². The molecule has 0 atom stereocenters. The van der Waals surface area contributed by atoms with Crippen LogP contribution >= 0.6 is 0 Å². The van der Waals surface area contributed by atoms with Crippen molar-refractivity contribution in [2.45, 2.75) is 38.0 Å². The van der Waals surface area contributed by atoms with Crippen LogP contribution in [0.1, 0.15) is 32.0 Å². The average Bonchev–Trinajstić information content (AvgIpc) is 3.06. The second-order valence-corrected chi connectivity index (χ2v) is 10.2. The highest BCUT2D eigenvalue weighted by molar-refractivity contribution is 7.92. The predicted octanol–water partition coefficient (Wildman–Crippen LogP) is 4.41. The van der Waals surface area contributed by atoms with Gasteiger partial charge in [0.1, 0.15) is 11.6 Å². The SMILES string of the molecule is Cc1cc(NS(=O)(=O)c2ccc(C(C)(C)C)cc2)n(-c2cccc3nc(N)ccc23)n1. The minimum absolute atomic E-state index is 0.0583. The third kappa shape index (κ3) is 4.11. The van der Waals surface area contributed by atoms with Gasteiger partial charge in [0.05, 0.1) is 21.8 Å². The van der Waals surface area contributed by atoms with E-state index in [0.29, 0.717) is 28.5 Å². The molecule has 3 N–H and O–H groups in total. The summed E-state index contributed by atoms with van der Waals surface area (Å²) in [5.41, 5.74) is 8.91. The Morgan fingerprint density at radius 2 is 1.71 bits per heavy atom. The number of hydrogen-bond donors (Lipinski definition) is 2. The number of pyridine rings is 1. The zero-order valence-corrected chi connectivity index (χ0v) is 18.7. The van der Waals surface area contributed by atoms with E-state index in [1.165, 1.54) is 0 Å². The average molecular weight is 436 g/mol. The monoisotopic (exact) mass is 435 g/mol. The van der Waals surface area contributed by atoms with Gasteiger partial charge in [-0.1, -0.05) is 39.0 Å². The summed E-state index contributed by atoms with van der Waals surface area (Å²) in [7, 11) is -3.80. The van der Waals surface area contributed by atoms with Gasteiger partial charge in [0.2, 0.25) is 0 Å². The Kier molecular flexibility index (Phi) is 4.97. The van der Waals surface area contributed by atoms with Crippen LogP contribution in [0.3, 0.4) is 0 Å². The Hall–Kier alpha value is -3.39. The van der Waals surface area contributed by atoms with Crippen LogP contribution in [0.15, 0.2) is 65.6 Å². The summed E-state index contributed by atoms with van der Waals surface area (Å²) in [4.78, 5) is 4.54. The number of benzene rings is 2. The summed E-state index contributed by atoms with van der Waals surface area (Å²) in [6, 6.07) is 17.8. The molecule has 0 aliphatic carbocycles. The minimum Gasteiger partial charge on any atom is -0.384 e.